The molecule has 4 nitrogen and oxygen atoms in total. The molecule has 0 radical (unpaired) electrons. The molecule has 1 aliphatic heterocycles. The van der Waals surface area contributed by atoms with Gasteiger partial charge in [-0.2, -0.15) is 0 Å². The molecule has 0 amide bonds. The fraction of sp³-hybridized carbons (Fsp3) is 0.400. The first-order chi connectivity index (χ1) is 9.24. The Morgan fingerprint density at radius 3 is 3.05 bits per heavy atom. The lowest BCUT2D eigenvalue weighted by atomic mass is 10.1. The number of rotatable bonds is 5. The van der Waals surface area contributed by atoms with E-state index in [9.17, 15) is 4.79 Å². The van der Waals surface area contributed by atoms with Crippen LogP contribution in [0, 0.1) is 0 Å². The van der Waals surface area contributed by atoms with E-state index in [2.05, 4.69) is 11.9 Å². The quantitative estimate of drug-likeness (QED) is 0.647. The van der Waals surface area contributed by atoms with E-state index in [0.717, 1.165) is 17.7 Å². The van der Waals surface area contributed by atoms with Gasteiger partial charge in [0.25, 0.3) is 0 Å². The lowest BCUT2D eigenvalue weighted by Crippen LogP contribution is -2.31. The SMILES string of the molecule is C=CCc1ccccc1O[C@H]1CNC(C(=O)OC)C1. The van der Waals surface area contributed by atoms with Gasteiger partial charge < -0.3 is 14.8 Å². The van der Waals surface area contributed by atoms with Crippen molar-refractivity contribution in [1.29, 1.82) is 0 Å². The molecule has 1 aliphatic rings. The van der Waals surface area contributed by atoms with Crippen LogP contribution in [0.2, 0.25) is 0 Å². The van der Waals surface area contributed by atoms with E-state index in [1.165, 1.54) is 7.11 Å². The smallest absolute Gasteiger partial charge is 0.323 e. The van der Waals surface area contributed by atoms with Crippen molar-refractivity contribution in [1.82, 2.24) is 5.32 Å². The number of para-hydroxylation sites is 1. The minimum atomic E-state index is -0.262. The normalized spacial score (nSPS) is 21.9. The number of benzene rings is 1. The van der Waals surface area contributed by atoms with Gasteiger partial charge in [0.2, 0.25) is 0 Å². The number of nitrogens with one attached hydrogen (secondary N) is 1. The zero-order valence-electron chi connectivity index (χ0n) is 11.1. The second kappa shape index (κ2) is 6.38. The van der Waals surface area contributed by atoms with Gasteiger partial charge in [-0.05, 0) is 18.1 Å². The molecule has 0 bridgehead atoms. The summed E-state index contributed by atoms with van der Waals surface area (Å²) in [6, 6.07) is 7.64. The molecular weight excluding hydrogens is 242 g/mol. The molecule has 1 aromatic rings. The highest BCUT2D eigenvalue weighted by Crippen LogP contribution is 2.23. The minimum absolute atomic E-state index is 0.00457. The Balaban J connectivity index is 1.99. The lowest BCUT2D eigenvalue weighted by Gasteiger charge is -2.15. The molecule has 1 heterocycles. The summed E-state index contributed by atoms with van der Waals surface area (Å²) in [6.07, 6.45) is 3.26. The van der Waals surface area contributed by atoms with E-state index in [1.807, 2.05) is 30.3 Å². The first-order valence-electron chi connectivity index (χ1n) is 6.41. The number of methoxy groups -OCH3 is 1. The topological polar surface area (TPSA) is 47.6 Å². The van der Waals surface area contributed by atoms with Gasteiger partial charge in [0.1, 0.15) is 17.9 Å². The Morgan fingerprint density at radius 1 is 1.53 bits per heavy atom. The van der Waals surface area contributed by atoms with Gasteiger partial charge in [0.05, 0.1) is 7.11 Å². The van der Waals surface area contributed by atoms with Crippen molar-refractivity contribution in [2.75, 3.05) is 13.7 Å². The number of carbonyl (C=O) groups is 1. The van der Waals surface area contributed by atoms with Gasteiger partial charge in [-0.25, -0.2) is 0 Å². The van der Waals surface area contributed by atoms with Crippen LogP contribution in [0.25, 0.3) is 0 Å². The molecule has 1 fully saturated rings. The van der Waals surface area contributed by atoms with Crippen LogP contribution in [-0.4, -0.2) is 31.8 Å². The third-order valence-corrected chi connectivity index (χ3v) is 3.21. The maximum absolute atomic E-state index is 11.4. The van der Waals surface area contributed by atoms with E-state index in [1.54, 1.807) is 0 Å². The number of hydrogen-bond donors (Lipinski definition) is 1. The molecule has 4 heteroatoms. The van der Waals surface area contributed by atoms with Gasteiger partial charge in [0.15, 0.2) is 0 Å². The predicted molar refractivity (Wildman–Crippen MR) is 73.2 cm³/mol. The molecule has 19 heavy (non-hydrogen) atoms. The van der Waals surface area contributed by atoms with Crippen molar-refractivity contribution in [3.05, 3.63) is 42.5 Å². The average molecular weight is 261 g/mol. The molecule has 1 saturated heterocycles. The summed E-state index contributed by atoms with van der Waals surface area (Å²) in [5.41, 5.74) is 1.11. The van der Waals surface area contributed by atoms with E-state index in [-0.39, 0.29) is 18.1 Å². The van der Waals surface area contributed by atoms with Crippen LogP contribution in [0.5, 0.6) is 5.75 Å². The van der Waals surface area contributed by atoms with E-state index < -0.39 is 0 Å². The highest BCUT2D eigenvalue weighted by molar-refractivity contribution is 5.76. The average Bonchev–Trinajstić information content (AvgIpc) is 2.89. The standard InChI is InChI=1S/C15H19NO3/c1-3-6-11-7-4-5-8-14(11)19-12-9-13(16-10-12)15(17)18-2/h3-5,7-8,12-13,16H,1,6,9-10H2,2H3/t12-,13?/m1/s1. The molecule has 102 valence electrons. The van der Waals surface area contributed by atoms with Gasteiger partial charge >= 0.3 is 5.97 Å². The molecule has 0 aliphatic carbocycles. The minimum Gasteiger partial charge on any atom is -0.489 e. The van der Waals surface area contributed by atoms with Gasteiger partial charge in [-0.3, -0.25) is 4.79 Å². The van der Waals surface area contributed by atoms with Crippen molar-refractivity contribution in [3.63, 3.8) is 0 Å². The van der Waals surface area contributed by atoms with Crippen molar-refractivity contribution >= 4 is 5.97 Å². The summed E-state index contributed by atoms with van der Waals surface area (Å²) in [4.78, 5) is 11.4. The first kappa shape index (κ1) is 13.6. The highest BCUT2D eigenvalue weighted by atomic mass is 16.5. The summed E-state index contributed by atoms with van der Waals surface area (Å²) >= 11 is 0. The molecule has 0 spiro atoms. The number of esters is 1. The number of ether oxygens (including phenoxy) is 2. The van der Waals surface area contributed by atoms with Crippen molar-refractivity contribution < 1.29 is 14.3 Å². The maximum atomic E-state index is 11.4. The molecule has 1 aromatic carbocycles. The summed E-state index contributed by atoms with van der Waals surface area (Å²) in [5.74, 6) is 0.630. The van der Waals surface area contributed by atoms with Crippen molar-refractivity contribution in [2.24, 2.45) is 0 Å². The van der Waals surface area contributed by atoms with Crippen molar-refractivity contribution in [2.45, 2.75) is 25.0 Å². The van der Waals surface area contributed by atoms with Gasteiger partial charge in [-0.1, -0.05) is 24.3 Å². The largest absolute Gasteiger partial charge is 0.489 e. The fourth-order valence-electron chi connectivity index (χ4n) is 2.24. The van der Waals surface area contributed by atoms with Crippen molar-refractivity contribution in [3.8, 4) is 5.75 Å². The van der Waals surface area contributed by atoms with Crippen LogP contribution in [0.4, 0.5) is 0 Å². The number of hydrogen-bond acceptors (Lipinski definition) is 4. The third kappa shape index (κ3) is 3.35. The highest BCUT2D eigenvalue weighted by Gasteiger charge is 2.31. The third-order valence-electron chi connectivity index (χ3n) is 3.21. The summed E-state index contributed by atoms with van der Waals surface area (Å²) in [7, 11) is 1.40. The maximum Gasteiger partial charge on any atom is 0.323 e. The van der Waals surface area contributed by atoms with E-state index in [4.69, 9.17) is 9.47 Å². The van der Waals surface area contributed by atoms with Crippen LogP contribution in [0.1, 0.15) is 12.0 Å². The Labute approximate surface area is 113 Å². The first-order valence-corrected chi connectivity index (χ1v) is 6.41. The monoisotopic (exact) mass is 261 g/mol. The van der Waals surface area contributed by atoms with Crippen LogP contribution in [0.3, 0.4) is 0 Å². The Hall–Kier alpha value is -1.81. The molecule has 0 aromatic heterocycles. The Bertz CT molecular complexity index is 458. The second-order valence-electron chi connectivity index (χ2n) is 4.56. The van der Waals surface area contributed by atoms with E-state index >= 15 is 0 Å². The predicted octanol–water partition coefficient (Wildman–Crippen LogP) is 1.70. The summed E-state index contributed by atoms with van der Waals surface area (Å²) in [6.45, 7) is 4.40. The van der Waals surface area contributed by atoms with Crippen LogP contribution >= 0.6 is 0 Å². The van der Waals surface area contributed by atoms with Gasteiger partial charge in [-0.15, -0.1) is 6.58 Å². The van der Waals surface area contributed by atoms with Crippen LogP contribution in [0.15, 0.2) is 36.9 Å². The summed E-state index contributed by atoms with van der Waals surface area (Å²) in [5, 5.41) is 3.11. The van der Waals surface area contributed by atoms with Gasteiger partial charge in [0, 0.05) is 13.0 Å². The molecule has 1 unspecified atom stereocenters. The second-order valence-corrected chi connectivity index (χ2v) is 4.56. The molecule has 2 atom stereocenters. The van der Waals surface area contributed by atoms with Crippen LogP contribution < -0.4 is 10.1 Å². The fourth-order valence-corrected chi connectivity index (χ4v) is 2.24. The van der Waals surface area contributed by atoms with E-state index in [0.29, 0.717) is 13.0 Å². The molecular formula is C15H19NO3. The zero-order valence-corrected chi connectivity index (χ0v) is 11.1. The Morgan fingerprint density at radius 2 is 2.32 bits per heavy atom. The molecule has 2 rings (SSSR count). The lowest BCUT2D eigenvalue weighted by molar-refractivity contribution is -0.142. The molecule has 1 N–H and O–H groups in total. The summed E-state index contributed by atoms with van der Waals surface area (Å²) < 4.78 is 10.7. The Kier molecular flexibility index (Phi) is 4.58. The zero-order chi connectivity index (χ0) is 13.7. The molecule has 0 saturated carbocycles. The number of allylic oxidation sites excluding steroid dienone is 1. The van der Waals surface area contributed by atoms with Crippen LogP contribution in [-0.2, 0) is 16.0 Å². The number of carbonyl (C=O) groups excluding carboxylic acids is 1.